The molecule has 0 aromatic carbocycles. The minimum atomic E-state index is -0.268. The largest absolute Gasteiger partial charge is 0.394 e. The van der Waals surface area contributed by atoms with Crippen LogP contribution in [0.15, 0.2) is 12.2 Å². The van der Waals surface area contributed by atoms with Crippen molar-refractivity contribution in [2.75, 3.05) is 33.3 Å². The van der Waals surface area contributed by atoms with E-state index in [0.29, 0.717) is 18.4 Å². The number of rotatable bonds is 20. The molecule has 0 aliphatic carbocycles. The summed E-state index contributed by atoms with van der Waals surface area (Å²) < 4.78 is 5.03. The Morgan fingerprint density at radius 3 is 2.21 bits per heavy atom. The molecule has 0 aromatic heterocycles. The number of aliphatic hydroxyl groups is 1. The second-order valence-electron chi connectivity index (χ2n) is 7.79. The number of carbonyl (C=O) groups excluding carboxylic acids is 1. The van der Waals surface area contributed by atoms with Crippen LogP contribution in [0.3, 0.4) is 0 Å². The van der Waals surface area contributed by atoms with Gasteiger partial charge in [0.1, 0.15) is 0 Å². The fraction of sp³-hybridized carbons (Fsp3) is 0.870. The Kier molecular flexibility index (Phi) is 20.8. The molecule has 0 aliphatic heterocycles. The van der Waals surface area contributed by atoms with E-state index in [2.05, 4.69) is 12.2 Å². The molecule has 0 aliphatic rings. The van der Waals surface area contributed by atoms with Gasteiger partial charge in [0.2, 0.25) is 5.91 Å². The van der Waals surface area contributed by atoms with Gasteiger partial charge in [-0.1, -0.05) is 50.7 Å². The molecule has 1 N–H and O–H groups in total. The molecular weight excluding hydrogens is 409 g/mol. The van der Waals surface area contributed by atoms with E-state index in [0.717, 1.165) is 50.8 Å². The molecule has 0 heterocycles. The number of aliphatic hydroxyl groups excluding tert-OH is 1. The summed E-state index contributed by atoms with van der Waals surface area (Å²) in [5.74, 6) is 0.823. The molecule has 0 bridgehead atoms. The van der Waals surface area contributed by atoms with Crippen LogP contribution < -0.4 is 0 Å². The quantitative estimate of drug-likeness (QED) is 0.142. The van der Waals surface area contributed by atoms with Gasteiger partial charge in [-0.25, -0.2) is 0 Å². The number of hydrogen-bond donors (Lipinski definition) is 1. The molecule has 4 nitrogen and oxygen atoms in total. The first kappa shape index (κ1) is 28.7. The van der Waals surface area contributed by atoms with Gasteiger partial charge in [-0.15, -0.1) is 23.2 Å². The highest BCUT2D eigenvalue weighted by Gasteiger charge is 2.18. The molecule has 0 radical (unpaired) electrons. The van der Waals surface area contributed by atoms with Gasteiger partial charge < -0.3 is 14.7 Å². The number of allylic oxidation sites excluding steroid dienone is 2. The molecule has 0 spiro atoms. The first-order valence-electron chi connectivity index (χ1n) is 11.3. The van der Waals surface area contributed by atoms with E-state index in [1.165, 1.54) is 32.1 Å². The van der Waals surface area contributed by atoms with E-state index in [-0.39, 0.29) is 18.6 Å². The van der Waals surface area contributed by atoms with Gasteiger partial charge in [0, 0.05) is 31.8 Å². The smallest absolute Gasteiger partial charge is 0.223 e. The summed E-state index contributed by atoms with van der Waals surface area (Å²) in [4.78, 5) is 13.7. The Labute approximate surface area is 189 Å². The first-order valence-corrected chi connectivity index (χ1v) is 12.2. The SMILES string of the molecule is COC[C@@H](CO)N(C)C(=O)CCC=CCCCC[C@H](Cl)CCCCCCCCCl. The highest BCUT2D eigenvalue weighted by molar-refractivity contribution is 6.20. The zero-order valence-corrected chi connectivity index (χ0v) is 20.1. The van der Waals surface area contributed by atoms with Crippen LogP contribution in [0.5, 0.6) is 0 Å². The zero-order valence-electron chi connectivity index (χ0n) is 18.6. The van der Waals surface area contributed by atoms with Gasteiger partial charge in [0.05, 0.1) is 19.3 Å². The average molecular weight is 453 g/mol. The molecular formula is C23H43Cl2NO3. The Hall–Kier alpha value is -0.290. The molecule has 29 heavy (non-hydrogen) atoms. The van der Waals surface area contributed by atoms with E-state index >= 15 is 0 Å². The summed E-state index contributed by atoms with van der Waals surface area (Å²) in [7, 11) is 3.29. The lowest BCUT2D eigenvalue weighted by Crippen LogP contribution is -2.42. The summed E-state index contributed by atoms with van der Waals surface area (Å²) in [5.41, 5.74) is 0. The van der Waals surface area contributed by atoms with Crippen molar-refractivity contribution < 1.29 is 14.6 Å². The average Bonchev–Trinajstić information content (AvgIpc) is 2.72. The second kappa shape index (κ2) is 21.0. The number of carbonyl (C=O) groups is 1. The number of methoxy groups -OCH3 is 1. The summed E-state index contributed by atoms with van der Waals surface area (Å²) in [6.45, 7) is 0.271. The third-order valence-electron chi connectivity index (χ3n) is 5.24. The van der Waals surface area contributed by atoms with Crippen LogP contribution in [0.25, 0.3) is 0 Å². The third kappa shape index (κ3) is 17.1. The van der Waals surface area contributed by atoms with Gasteiger partial charge in [-0.2, -0.15) is 0 Å². The van der Waals surface area contributed by atoms with Gasteiger partial charge in [-0.05, 0) is 38.5 Å². The first-order chi connectivity index (χ1) is 14.1. The number of amides is 1. The maximum absolute atomic E-state index is 12.1. The van der Waals surface area contributed by atoms with Crippen LogP contribution in [0.2, 0.25) is 0 Å². The van der Waals surface area contributed by atoms with E-state index < -0.39 is 0 Å². The number of halogens is 2. The number of ether oxygens (including phenoxy) is 1. The third-order valence-corrected chi connectivity index (χ3v) is 5.95. The Bertz CT molecular complexity index is 408. The molecule has 0 aromatic rings. The Balaban J connectivity index is 3.60. The van der Waals surface area contributed by atoms with Crippen molar-refractivity contribution in [2.45, 2.75) is 94.9 Å². The lowest BCUT2D eigenvalue weighted by Gasteiger charge is -2.25. The minimum absolute atomic E-state index is 0.0368. The maximum atomic E-state index is 12.1. The number of unbranched alkanes of at least 4 members (excludes halogenated alkanes) is 7. The standard InChI is InChI=1S/C23H43Cl2NO3/c1-26(22(19-27)20-29-2)23(28)17-13-9-4-3-7-11-15-21(25)16-12-8-5-6-10-14-18-24/h4,9,21-22,27H,3,5-8,10-20H2,1-2H3/t21-,22+/m0/s1. The lowest BCUT2D eigenvalue weighted by molar-refractivity contribution is -0.133. The maximum Gasteiger partial charge on any atom is 0.223 e. The van der Waals surface area contributed by atoms with Crippen molar-refractivity contribution >= 4 is 29.1 Å². The van der Waals surface area contributed by atoms with Gasteiger partial charge in [0.15, 0.2) is 0 Å². The van der Waals surface area contributed by atoms with Crippen LogP contribution in [0, 0.1) is 0 Å². The summed E-state index contributed by atoms with van der Waals surface area (Å²) in [6, 6.07) is -0.268. The monoisotopic (exact) mass is 451 g/mol. The van der Waals surface area contributed by atoms with Crippen LogP contribution >= 0.6 is 23.2 Å². The molecule has 0 saturated heterocycles. The minimum Gasteiger partial charge on any atom is -0.394 e. The van der Waals surface area contributed by atoms with Crippen LogP contribution in [-0.4, -0.2) is 60.6 Å². The summed E-state index contributed by atoms with van der Waals surface area (Å²) in [6.07, 6.45) is 18.5. The van der Waals surface area contributed by atoms with E-state index in [9.17, 15) is 9.90 Å². The zero-order chi connectivity index (χ0) is 21.7. The number of likely N-dealkylation sites (N-methyl/N-ethyl adjacent to an activating group) is 1. The second-order valence-corrected chi connectivity index (χ2v) is 8.78. The summed E-state index contributed by atoms with van der Waals surface area (Å²) in [5, 5.41) is 9.61. The van der Waals surface area contributed by atoms with Crippen molar-refractivity contribution in [3.05, 3.63) is 12.2 Å². The van der Waals surface area contributed by atoms with E-state index in [1.54, 1.807) is 19.1 Å². The number of hydrogen-bond acceptors (Lipinski definition) is 3. The molecule has 172 valence electrons. The van der Waals surface area contributed by atoms with Crippen molar-refractivity contribution in [1.82, 2.24) is 4.90 Å². The molecule has 0 saturated carbocycles. The van der Waals surface area contributed by atoms with Gasteiger partial charge in [-0.3, -0.25) is 4.79 Å². The van der Waals surface area contributed by atoms with Crippen LogP contribution in [0.4, 0.5) is 0 Å². The van der Waals surface area contributed by atoms with Crippen LogP contribution in [-0.2, 0) is 9.53 Å². The van der Waals surface area contributed by atoms with Crippen molar-refractivity contribution in [2.24, 2.45) is 0 Å². The van der Waals surface area contributed by atoms with Crippen molar-refractivity contribution in [3.8, 4) is 0 Å². The molecule has 1 amide bonds. The highest BCUT2D eigenvalue weighted by atomic mass is 35.5. The molecule has 0 fully saturated rings. The predicted molar refractivity (Wildman–Crippen MR) is 125 cm³/mol. The topological polar surface area (TPSA) is 49.8 Å². The normalized spacial score (nSPS) is 13.7. The van der Waals surface area contributed by atoms with Gasteiger partial charge >= 0.3 is 0 Å². The molecule has 6 heteroatoms. The fourth-order valence-corrected chi connectivity index (χ4v) is 3.74. The van der Waals surface area contributed by atoms with Crippen molar-refractivity contribution in [1.29, 1.82) is 0 Å². The number of alkyl halides is 2. The highest BCUT2D eigenvalue weighted by Crippen LogP contribution is 2.17. The van der Waals surface area contributed by atoms with E-state index in [1.807, 2.05) is 0 Å². The predicted octanol–water partition coefficient (Wildman–Crippen LogP) is 5.93. The van der Waals surface area contributed by atoms with Crippen molar-refractivity contribution in [3.63, 3.8) is 0 Å². The summed E-state index contributed by atoms with van der Waals surface area (Å²) >= 11 is 12.1. The molecule has 0 unspecified atom stereocenters. The number of nitrogens with zero attached hydrogens (tertiary/aromatic N) is 1. The lowest BCUT2D eigenvalue weighted by atomic mass is 10.0. The van der Waals surface area contributed by atoms with E-state index in [4.69, 9.17) is 27.9 Å². The molecule has 0 rings (SSSR count). The Morgan fingerprint density at radius 1 is 1.00 bits per heavy atom. The van der Waals surface area contributed by atoms with Gasteiger partial charge in [0.25, 0.3) is 0 Å². The Morgan fingerprint density at radius 2 is 1.59 bits per heavy atom. The van der Waals surface area contributed by atoms with Crippen LogP contribution in [0.1, 0.15) is 83.5 Å². The molecule has 2 atom stereocenters. The fourth-order valence-electron chi connectivity index (χ4n) is 3.24.